The highest BCUT2D eigenvalue weighted by atomic mass is 127. The molecule has 0 fully saturated rings. The molecule has 0 amide bonds. The highest BCUT2D eigenvalue weighted by Crippen LogP contribution is 2.10. The van der Waals surface area contributed by atoms with Gasteiger partial charge in [-0.25, -0.2) is 4.79 Å². The molecular weight excluding hydrogens is 281 g/mol. The van der Waals surface area contributed by atoms with Crippen LogP contribution >= 0.6 is 22.9 Å². The number of rotatable bonds is 3. The van der Waals surface area contributed by atoms with Gasteiger partial charge in [-0.3, -0.25) is 0 Å². The molecule has 0 aromatic heterocycles. The lowest BCUT2D eigenvalue weighted by Crippen LogP contribution is -2.27. The van der Waals surface area contributed by atoms with Crippen LogP contribution in [0.4, 0.5) is 0 Å². The Morgan fingerprint density at radius 2 is 2.08 bits per heavy atom. The van der Waals surface area contributed by atoms with Crippen LogP contribution in [0, 0.1) is 0 Å². The number of allylic oxidation sites excluding steroid dienone is 1. The zero-order valence-corrected chi connectivity index (χ0v) is 10.6. The lowest BCUT2D eigenvalue weighted by Gasteiger charge is -2.20. The van der Waals surface area contributed by atoms with Gasteiger partial charge in [0, 0.05) is 0 Å². The Labute approximate surface area is 93.4 Å². The van der Waals surface area contributed by atoms with Crippen molar-refractivity contribution in [2.45, 2.75) is 39.7 Å². The number of carbonyl (C=O) groups is 1. The minimum absolute atomic E-state index is 0.302. The van der Waals surface area contributed by atoms with Crippen LogP contribution in [0.5, 0.6) is 0 Å². The van der Waals surface area contributed by atoms with Crippen LogP contribution in [0.1, 0.15) is 34.1 Å². The molecule has 0 unspecified atom stereocenters. The predicted octanol–water partition coefficient (Wildman–Crippen LogP) is 2.56. The van der Waals surface area contributed by atoms with Gasteiger partial charge in [0.15, 0.2) is 0 Å². The van der Waals surface area contributed by atoms with Crippen molar-refractivity contribution in [1.29, 1.82) is 0 Å². The molecule has 0 aromatic carbocycles. The Hall–Kier alpha value is -0.260. The van der Waals surface area contributed by atoms with Crippen molar-refractivity contribution in [1.82, 2.24) is 3.53 Å². The third-order valence-electron chi connectivity index (χ3n) is 1.13. The third-order valence-corrected chi connectivity index (χ3v) is 1.71. The Kier molecular flexibility index (Phi) is 5.36. The Balaban J connectivity index is 4.32. The highest BCUT2D eigenvalue weighted by Gasteiger charge is 2.18. The summed E-state index contributed by atoms with van der Waals surface area (Å²) in [5.74, 6) is -0.302. The molecule has 1 N–H and O–H groups in total. The SMILES string of the molecule is CC/C=C(\NI)C(=O)OC(C)(C)C. The zero-order valence-electron chi connectivity index (χ0n) is 8.48. The van der Waals surface area contributed by atoms with Gasteiger partial charge in [-0.15, -0.1) is 0 Å². The molecule has 0 radical (unpaired) electrons. The van der Waals surface area contributed by atoms with Crippen LogP contribution in [0.3, 0.4) is 0 Å². The van der Waals surface area contributed by atoms with Crippen LogP contribution in [-0.2, 0) is 9.53 Å². The fourth-order valence-corrected chi connectivity index (χ4v) is 1.14. The fourth-order valence-electron chi connectivity index (χ4n) is 0.698. The van der Waals surface area contributed by atoms with E-state index in [2.05, 4.69) is 3.53 Å². The zero-order chi connectivity index (χ0) is 10.5. The lowest BCUT2D eigenvalue weighted by molar-refractivity contribution is -0.150. The summed E-state index contributed by atoms with van der Waals surface area (Å²) in [6, 6.07) is 0. The van der Waals surface area contributed by atoms with Gasteiger partial charge in [-0.05, 0) is 27.2 Å². The third kappa shape index (κ3) is 5.90. The number of carbonyl (C=O) groups excluding carboxylic acids is 1. The molecule has 0 aliphatic rings. The molecule has 0 aromatic rings. The van der Waals surface area contributed by atoms with Gasteiger partial charge in [0.2, 0.25) is 0 Å². The van der Waals surface area contributed by atoms with E-state index in [1.807, 2.05) is 50.6 Å². The summed E-state index contributed by atoms with van der Waals surface area (Å²) < 4.78 is 7.95. The first kappa shape index (κ1) is 12.7. The van der Waals surface area contributed by atoms with E-state index >= 15 is 0 Å². The summed E-state index contributed by atoms with van der Waals surface area (Å²) in [4.78, 5) is 11.4. The number of halogens is 1. The monoisotopic (exact) mass is 297 g/mol. The summed E-state index contributed by atoms with van der Waals surface area (Å²) >= 11 is 1.92. The van der Waals surface area contributed by atoms with Crippen molar-refractivity contribution in [3.05, 3.63) is 11.8 Å². The van der Waals surface area contributed by atoms with E-state index in [9.17, 15) is 4.79 Å². The van der Waals surface area contributed by atoms with Gasteiger partial charge in [0.25, 0.3) is 0 Å². The quantitative estimate of drug-likeness (QED) is 0.376. The highest BCUT2D eigenvalue weighted by molar-refractivity contribution is 14.1. The van der Waals surface area contributed by atoms with E-state index in [0.29, 0.717) is 5.70 Å². The van der Waals surface area contributed by atoms with E-state index in [1.165, 1.54) is 0 Å². The molecule has 0 aliphatic heterocycles. The van der Waals surface area contributed by atoms with E-state index in [1.54, 1.807) is 6.08 Å². The minimum atomic E-state index is -0.433. The van der Waals surface area contributed by atoms with Crippen LogP contribution in [-0.4, -0.2) is 11.6 Å². The van der Waals surface area contributed by atoms with Crippen molar-refractivity contribution >= 4 is 28.8 Å². The maximum Gasteiger partial charge on any atom is 0.355 e. The van der Waals surface area contributed by atoms with Gasteiger partial charge in [0.05, 0.1) is 22.9 Å². The molecule has 0 saturated carbocycles. The van der Waals surface area contributed by atoms with Crippen molar-refractivity contribution in [3.63, 3.8) is 0 Å². The number of esters is 1. The molecule has 3 nitrogen and oxygen atoms in total. The van der Waals surface area contributed by atoms with Crippen molar-refractivity contribution in [3.8, 4) is 0 Å². The van der Waals surface area contributed by atoms with Crippen LogP contribution in [0.2, 0.25) is 0 Å². The molecule has 0 heterocycles. The molecule has 0 bridgehead atoms. The largest absolute Gasteiger partial charge is 0.455 e. The van der Waals surface area contributed by atoms with Gasteiger partial charge in [-0.2, -0.15) is 0 Å². The van der Waals surface area contributed by atoms with E-state index < -0.39 is 5.60 Å². The number of nitrogens with one attached hydrogen (secondary N) is 1. The normalized spacial score (nSPS) is 12.5. The number of hydrogen-bond acceptors (Lipinski definition) is 3. The van der Waals surface area contributed by atoms with E-state index in [4.69, 9.17) is 4.74 Å². The standard InChI is InChI=1S/C9H16INO2/c1-5-6-7(11-10)8(12)13-9(2,3)4/h6,11H,5H2,1-4H3/b7-6-. The molecule has 76 valence electrons. The van der Waals surface area contributed by atoms with Crippen LogP contribution in [0.15, 0.2) is 11.8 Å². The first-order chi connectivity index (χ1) is 5.90. The molecule has 0 atom stereocenters. The Morgan fingerprint density at radius 3 is 2.38 bits per heavy atom. The average molecular weight is 297 g/mol. The number of ether oxygens (including phenoxy) is 1. The molecule has 0 aliphatic carbocycles. The topological polar surface area (TPSA) is 38.3 Å². The van der Waals surface area contributed by atoms with Crippen molar-refractivity contribution in [2.75, 3.05) is 0 Å². The minimum Gasteiger partial charge on any atom is -0.455 e. The smallest absolute Gasteiger partial charge is 0.355 e. The second-order valence-corrected chi connectivity index (χ2v) is 4.16. The maximum atomic E-state index is 11.4. The predicted molar refractivity (Wildman–Crippen MR) is 61.4 cm³/mol. The van der Waals surface area contributed by atoms with Gasteiger partial charge < -0.3 is 8.27 Å². The second kappa shape index (κ2) is 5.47. The summed E-state index contributed by atoms with van der Waals surface area (Å²) in [6.45, 7) is 7.52. The van der Waals surface area contributed by atoms with Crippen molar-refractivity contribution < 1.29 is 9.53 Å². The Bertz CT molecular complexity index is 206. The van der Waals surface area contributed by atoms with Gasteiger partial charge in [0.1, 0.15) is 11.3 Å². The summed E-state index contributed by atoms with van der Waals surface area (Å²) in [6.07, 6.45) is 2.62. The average Bonchev–Trinajstić information content (AvgIpc) is 1.96. The fraction of sp³-hybridized carbons (Fsp3) is 0.667. The summed E-state index contributed by atoms with van der Waals surface area (Å²) in [7, 11) is 0. The summed E-state index contributed by atoms with van der Waals surface area (Å²) in [5, 5.41) is 0. The summed E-state index contributed by atoms with van der Waals surface area (Å²) in [5.41, 5.74) is 0.0789. The van der Waals surface area contributed by atoms with Crippen molar-refractivity contribution in [2.24, 2.45) is 0 Å². The van der Waals surface area contributed by atoms with Crippen LogP contribution in [0.25, 0.3) is 0 Å². The van der Waals surface area contributed by atoms with E-state index in [0.717, 1.165) is 6.42 Å². The molecule has 13 heavy (non-hydrogen) atoms. The number of hydrogen-bond donors (Lipinski definition) is 1. The molecular formula is C9H16INO2. The molecule has 0 spiro atoms. The second-order valence-electron chi connectivity index (χ2n) is 3.62. The molecule has 4 heteroatoms. The lowest BCUT2D eigenvalue weighted by atomic mass is 10.2. The maximum absolute atomic E-state index is 11.4. The van der Waals surface area contributed by atoms with Gasteiger partial charge in [-0.1, -0.05) is 13.0 Å². The first-order valence-corrected chi connectivity index (χ1v) is 5.28. The van der Waals surface area contributed by atoms with E-state index in [-0.39, 0.29) is 5.97 Å². The Morgan fingerprint density at radius 1 is 1.54 bits per heavy atom. The van der Waals surface area contributed by atoms with Crippen LogP contribution < -0.4 is 3.53 Å². The first-order valence-electron chi connectivity index (χ1n) is 4.21. The molecule has 0 saturated heterocycles. The van der Waals surface area contributed by atoms with Gasteiger partial charge >= 0.3 is 5.97 Å². The molecule has 0 rings (SSSR count).